The molecule has 1 spiro atoms. The second-order valence-electron chi connectivity index (χ2n) is 6.52. The van der Waals surface area contributed by atoms with E-state index in [0.29, 0.717) is 5.41 Å². The van der Waals surface area contributed by atoms with Gasteiger partial charge in [0.1, 0.15) is 0 Å². The molecule has 21 heavy (non-hydrogen) atoms. The molecule has 0 saturated carbocycles. The summed E-state index contributed by atoms with van der Waals surface area (Å²) in [6.07, 6.45) is 2.47. The average Bonchev–Trinajstić information content (AvgIpc) is 2.78. The summed E-state index contributed by atoms with van der Waals surface area (Å²) in [4.78, 5) is 2.57. The Hall–Kier alpha value is -0.640. The zero-order chi connectivity index (χ0) is 14.4. The highest BCUT2D eigenvalue weighted by Gasteiger charge is 2.46. The second-order valence-corrected chi connectivity index (χ2v) is 8.23. The van der Waals surface area contributed by atoms with Gasteiger partial charge < -0.3 is 0 Å². The van der Waals surface area contributed by atoms with E-state index in [4.69, 9.17) is 0 Å². The first kappa shape index (κ1) is 14.0. The molecule has 1 fully saturated rings. The third-order valence-electron chi connectivity index (χ3n) is 4.74. The van der Waals surface area contributed by atoms with E-state index in [1.54, 1.807) is 0 Å². The molecule has 1 nitrogen and oxygen atoms in total. The molecule has 2 aromatic carbocycles. The lowest BCUT2D eigenvalue weighted by Crippen LogP contribution is -2.56. The highest BCUT2D eigenvalue weighted by molar-refractivity contribution is 9.13. The number of nitrogens with zero attached hydrogens (tertiary/aromatic N) is 1. The van der Waals surface area contributed by atoms with Crippen molar-refractivity contribution in [1.29, 1.82) is 0 Å². The maximum atomic E-state index is 3.63. The van der Waals surface area contributed by atoms with Crippen LogP contribution in [0, 0.1) is 5.41 Å². The number of fused-ring (bicyclic) bond motifs is 1. The monoisotopic (exact) mass is 405 g/mol. The summed E-state index contributed by atoms with van der Waals surface area (Å²) in [5.41, 5.74) is 4.99. The molecule has 0 atom stereocenters. The summed E-state index contributed by atoms with van der Waals surface area (Å²) in [6, 6.07) is 15.4. The van der Waals surface area contributed by atoms with E-state index in [1.165, 1.54) is 51.6 Å². The predicted molar refractivity (Wildman–Crippen MR) is 93.4 cm³/mol. The van der Waals surface area contributed by atoms with Crippen LogP contribution in [0.4, 0.5) is 0 Å². The Morgan fingerprint density at radius 2 is 1.48 bits per heavy atom. The molecule has 1 heterocycles. The molecule has 0 bridgehead atoms. The minimum atomic E-state index is 0.497. The highest BCUT2D eigenvalue weighted by Crippen LogP contribution is 2.46. The molecule has 0 aromatic heterocycles. The van der Waals surface area contributed by atoms with Crippen LogP contribution in [0.2, 0.25) is 0 Å². The molecule has 108 valence electrons. The van der Waals surface area contributed by atoms with Gasteiger partial charge in [0.15, 0.2) is 0 Å². The van der Waals surface area contributed by atoms with Crippen LogP contribution in [-0.4, -0.2) is 18.0 Å². The summed E-state index contributed by atoms with van der Waals surface area (Å²) >= 11 is 7.25. The van der Waals surface area contributed by atoms with Crippen LogP contribution >= 0.6 is 31.9 Å². The van der Waals surface area contributed by atoms with Gasteiger partial charge in [0.2, 0.25) is 0 Å². The van der Waals surface area contributed by atoms with Crippen LogP contribution < -0.4 is 0 Å². The van der Waals surface area contributed by atoms with Crippen molar-refractivity contribution in [1.82, 2.24) is 4.90 Å². The molecule has 1 aliphatic carbocycles. The lowest BCUT2D eigenvalue weighted by atomic mass is 9.77. The number of hydrogen-bond acceptors (Lipinski definition) is 1. The summed E-state index contributed by atoms with van der Waals surface area (Å²) in [7, 11) is 0. The molecule has 0 N–H and O–H groups in total. The van der Waals surface area contributed by atoms with Crippen molar-refractivity contribution in [3.63, 3.8) is 0 Å². The van der Waals surface area contributed by atoms with Crippen molar-refractivity contribution in [3.8, 4) is 0 Å². The van der Waals surface area contributed by atoms with Crippen LogP contribution in [-0.2, 0) is 19.4 Å². The molecule has 2 aromatic rings. The molecule has 1 aliphatic heterocycles. The summed E-state index contributed by atoms with van der Waals surface area (Å²) in [6.45, 7) is 3.55. The number of halogens is 2. The standard InChI is InChI=1S/C18H17Br2N/c19-16-6-14-8-18(9-15(14)7-17(16)20)11-21(12-18)10-13-4-2-1-3-5-13/h1-7H,8-12H2. The average molecular weight is 407 g/mol. The Bertz CT molecular complexity index is 642. The van der Waals surface area contributed by atoms with E-state index in [-0.39, 0.29) is 0 Å². The molecule has 2 aliphatic rings. The van der Waals surface area contributed by atoms with Gasteiger partial charge in [-0.2, -0.15) is 0 Å². The van der Waals surface area contributed by atoms with Gasteiger partial charge in [-0.1, -0.05) is 30.3 Å². The van der Waals surface area contributed by atoms with E-state index < -0.39 is 0 Å². The van der Waals surface area contributed by atoms with E-state index in [9.17, 15) is 0 Å². The Morgan fingerprint density at radius 1 is 0.905 bits per heavy atom. The fraction of sp³-hybridized carbons (Fsp3) is 0.333. The maximum absolute atomic E-state index is 3.63. The molecular formula is C18H17Br2N. The van der Waals surface area contributed by atoms with Crippen LogP contribution in [0.5, 0.6) is 0 Å². The van der Waals surface area contributed by atoms with E-state index in [0.717, 1.165) is 6.54 Å². The van der Waals surface area contributed by atoms with Crippen molar-refractivity contribution >= 4 is 31.9 Å². The van der Waals surface area contributed by atoms with Crippen LogP contribution in [0.25, 0.3) is 0 Å². The molecule has 1 saturated heterocycles. The fourth-order valence-electron chi connectivity index (χ4n) is 3.91. The third kappa shape index (κ3) is 2.60. The number of rotatable bonds is 2. The third-order valence-corrected chi connectivity index (χ3v) is 6.58. The van der Waals surface area contributed by atoms with Crippen molar-refractivity contribution in [2.24, 2.45) is 5.41 Å². The molecule has 0 radical (unpaired) electrons. The first-order chi connectivity index (χ1) is 10.1. The minimum Gasteiger partial charge on any atom is -0.298 e. The fourth-order valence-corrected chi connectivity index (χ4v) is 4.69. The van der Waals surface area contributed by atoms with E-state index in [2.05, 4.69) is 79.2 Å². The Morgan fingerprint density at radius 3 is 2.05 bits per heavy atom. The number of likely N-dealkylation sites (tertiary alicyclic amines) is 1. The number of benzene rings is 2. The zero-order valence-electron chi connectivity index (χ0n) is 11.8. The van der Waals surface area contributed by atoms with Gasteiger partial charge in [-0.3, -0.25) is 4.90 Å². The van der Waals surface area contributed by atoms with Crippen LogP contribution in [0.1, 0.15) is 16.7 Å². The SMILES string of the molecule is Brc1cc2c(cc1Br)CC1(C2)CN(Cc2ccccc2)C1. The number of hydrogen-bond donors (Lipinski definition) is 0. The predicted octanol–water partition coefficient (Wildman–Crippen LogP) is 4.81. The van der Waals surface area contributed by atoms with Gasteiger partial charge in [0.05, 0.1) is 0 Å². The smallest absolute Gasteiger partial charge is 0.0320 e. The minimum absolute atomic E-state index is 0.497. The lowest BCUT2D eigenvalue weighted by molar-refractivity contribution is 0.00243. The summed E-state index contributed by atoms with van der Waals surface area (Å²) in [5.74, 6) is 0. The van der Waals surface area contributed by atoms with Gasteiger partial charge in [-0.15, -0.1) is 0 Å². The first-order valence-electron chi connectivity index (χ1n) is 7.37. The summed E-state index contributed by atoms with van der Waals surface area (Å²) in [5, 5.41) is 0. The van der Waals surface area contributed by atoms with Gasteiger partial charge in [-0.05, 0) is 73.5 Å². The normalized spacial score (nSPS) is 19.5. The van der Waals surface area contributed by atoms with E-state index >= 15 is 0 Å². The maximum Gasteiger partial charge on any atom is 0.0320 e. The van der Waals surface area contributed by atoms with Crippen LogP contribution in [0.3, 0.4) is 0 Å². The van der Waals surface area contributed by atoms with Gasteiger partial charge in [0.25, 0.3) is 0 Å². The van der Waals surface area contributed by atoms with Crippen molar-refractivity contribution < 1.29 is 0 Å². The molecule has 0 amide bonds. The molecule has 0 unspecified atom stereocenters. The summed E-state index contributed by atoms with van der Waals surface area (Å²) < 4.78 is 2.36. The molecule has 3 heteroatoms. The zero-order valence-corrected chi connectivity index (χ0v) is 15.0. The van der Waals surface area contributed by atoms with Gasteiger partial charge in [-0.25, -0.2) is 0 Å². The topological polar surface area (TPSA) is 3.24 Å². The Kier molecular flexibility index (Phi) is 3.48. The quantitative estimate of drug-likeness (QED) is 0.691. The van der Waals surface area contributed by atoms with Gasteiger partial charge >= 0.3 is 0 Å². The van der Waals surface area contributed by atoms with Gasteiger partial charge in [0, 0.05) is 34.0 Å². The van der Waals surface area contributed by atoms with Crippen molar-refractivity contribution in [3.05, 3.63) is 68.1 Å². The van der Waals surface area contributed by atoms with E-state index in [1.807, 2.05) is 0 Å². The Balaban J connectivity index is 1.44. The highest BCUT2D eigenvalue weighted by atomic mass is 79.9. The van der Waals surface area contributed by atoms with Crippen LogP contribution in [0.15, 0.2) is 51.4 Å². The largest absolute Gasteiger partial charge is 0.298 e. The molecular weight excluding hydrogens is 390 g/mol. The lowest BCUT2D eigenvalue weighted by Gasteiger charge is -2.48. The molecule has 4 rings (SSSR count). The van der Waals surface area contributed by atoms with Crippen molar-refractivity contribution in [2.45, 2.75) is 19.4 Å². The first-order valence-corrected chi connectivity index (χ1v) is 8.95. The Labute approximate surface area is 142 Å². The second kappa shape index (κ2) is 5.22. The van der Waals surface area contributed by atoms with Crippen molar-refractivity contribution in [2.75, 3.05) is 13.1 Å².